The lowest BCUT2D eigenvalue weighted by Gasteiger charge is -2.38. The first-order valence-corrected chi connectivity index (χ1v) is 7.99. The lowest BCUT2D eigenvalue weighted by Crippen LogP contribution is -2.38. The van der Waals surface area contributed by atoms with Gasteiger partial charge in [0, 0.05) is 12.5 Å². The number of nitrogens with zero attached hydrogens (tertiary/aromatic N) is 3. The van der Waals surface area contributed by atoms with Crippen molar-refractivity contribution in [3.8, 4) is 0 Å². The van der Waals surface area contributed by atoms with Crippen LogP contribution in [-0.2, 0) is 17.9 Å². The zero-order valence-corrected chi connectivity index (χ0v) is 13.9. The Hall–Kier alpha value is -1.39. The Bertz CT molecular complexity index is 506. The molecular weight excluding hydrogens is 264 g/mol. The van der Waals surface area contributed by atoms with Crippen LogP contribution in [0.4, 0.5) is 0 Å². The van der Waals surface area contributed by atoms with E-state index in [4.69, 9.17) is 0 Å². The molecule has 1 aliphatic rings. The standard InChI is InChI=1S/C16H28N4O/c1-6-20-14(12(3)18-19-20)10-17-15(21)13-7-11(2)8-16(4,5)9-13/h11,13H,6-10H2,1-5H3,(H,17,21). The average molecular weight is 292 g/mol. The molecule has 2 atom stereocenters. The van der Waals surface area contributed by atoms with Gasteiger partial charge in [0.1, 0.15) is 0 Å². The van der Waals surface area contributed by atoms with Crippen molar-refractivity contribution in [3.05, 3.63) is 11.4 Å². The molecule has 0 radical (unpaired) electrons. The fourth-order valence-electron chi connectivity index (χ4n) is 3.75. The fourth-order valence-corrected chi connectivity index (χ4v) is 3.75. The third kappa shape index (κ3) is 3.83. The van der Waals surface area contributed by atoms with Gasteiger partial charge in [-0.2, -0.15) is 0 Å². The van der Waals surface area contributed by atoms with Gasteiger partial charge in [-0.15, -0.1) is 5.10 Å². The maximum absolute atomic E-state index is 12.5. The maximum atomic E-state index is 12.5. The van der Waals surface area contributed by atoms with Crippen LogP contribution in [0.15, 0.2) is 0 Å². The molecule has 1 fully saturated rings. The topological polar surface area (TPSA) is 59.8 Å². The van der Waals surface area contributed by atoms with Gasteiger partial charge in [-0.25, -0.2) is 4.68 Å². The summed E-state index contributed by atoms with van der Waals surface area (Å²) in [6.07, 6.45) is 3.19. The van der Waals surface area contributed by atoms with E-state index in [0.29, 0.717) is 12.5 Å². The van der Waals surface area contributed by atoms with E-state index in [0.717, 1.165) is 30.8 Å². The predicted octanol–water partition coefficient (Wildman–Crippen LogP) is 2.69. The van der Waals surface area contributed by atoms with E-state index in [1.54, 1.807) is 0 Å². The Kier molecular flexibility index (Phi) is 4.69. The van der Waals surface area contributed by atoms with Crippen molar-refractivity contribution >= 4 is 5.91 Å². The number of amides is 1. The monoisotopic (exact) mass is 292 g/mol. The molecule has 1 saturated carbocycles. The Morgan fingerprint density at radius 3 is 2.76 bits per heavy atom. The Labute approximate surface area is 127 Å². The van der Waals surface area contributed by atoms with Crippen molar-refractivity contribution < 1.29 is 4.79 Å². The van der Waals surface area contributed by atoms with Gasteiger partial charge < -0.3 is 5.32 Å². The van der Waals surface area contributed by atoms with Gasteiger partial charge in [-0.3, -0.25) is 4.79 Å². The number of rotatable bonds is 4. The Balaban J connectivity index is 1.97. The van der Waals surface area contributed by atoms with E-state index in [1.165, 1.54) is 6.42 Å². The molecular formula is C16H28N4O. The predicted molar refractivity (Wildman–Crippen MR) is 82.6 cm³/mol. The molecule has 0 bridgehead atoms. The first-order valence-electron chi connectivity index (χ1n) is 7.99. The highest BCUT2D eigenvalue weighted by molar-refractivity contribution is 5.78. The van der Waals surface area contributed by atoms with E-state index < -0.39 is 0 Å². The van der Waals surface area contributed by atoms with Crippen molar-refractivity contribution in [2.45, 2.75) is 67.0 Å². The van der Waals surface area contributed by atoms with Gasteiger partial charge in [-0.05, 0) is 44.4 Å². The smallest absolute Gasteiger partial charge is 0.223 e. The highest BCUT2D eigenvalue weighted by Gasteiger charge is 2.35. The summed E-state index contributed by atoms with van der Waals surface area (Å²) < 4.78 is 1.85. The van der Waals surface area contributed by atoms with E-state index in [-0.39, 0.29) is 17.2 Å². The number of aromatic nitrogens is 3. The van der Waals surface area contributed by atoms with Crippen LogP contribution in [0.25, 0.3) is 0 Å². The molecule has 0 spiro atoms. The maximum Gasteiger partial charge on any atom is 0.223 e. The Morgan fingerprint density at radius 1 is 1.43 bits per heavy atom. The summed E-state index contributed by atoms with van der Waals surface area (Å²) in [5, 5.41) is 11.2. The summed E-state index contributed by atoms with van der Waals surface area (Å²) in [5.41, 5.74) is 2.17. The van der Waals surface area contributed by atoms with E-state index in [2.05, 4.69) is 36.4 Å². The summed E-state index contributed by atoms with van der Waals surface area (Å²) in [5.74, 6) is 0.932. The fraction of sp³-hybridized carbons (Fsp3) is 0.812. The minimum Gasteiger partial charge on any atom is -0.350 e. The average Bonchev–Trinajstić information content (AvgIpc) is 2.74. The zero-order chi connectivity index (χ0) is 15.6. The van der Waals surface area contributed by atoms with Gasteiger partial charge in [0.25, 0.3) is 0 Å². The molecule has 1 aromatic rings. The first-order chi connectivity index (χ1) is 9.82. The summed E-state index contributed by atoms with van der Waals surface area (Å²) in [4.78, 5) is 12.5. The van der Waals surface area contributed by atoms with Crippen molar-refractivity contribution in [1.82, 2.24) is 20.3 Å². The normalized spacial score (nSPS) is 24.8. The molecule has 2 rings (SSSR count). The molecule has 1 aromatic heterocycles. The van der Waals surface area contributed by atoms with Crippen molar-refractivity contribution in [2.75, 3.05) is 0 Å². The molecule has 0 aromatic carbocycles. The molecule has 5 heteroatoms. The van der Waals surface area contributed by atoms with Crippen LogP contribution in [0.3, 0.4) is 0 Å². The number of carbonyl (C=O) groups excluding carboxylic acids is 1. The minimum absolute atomic E-state index is 0.134. The molecule has 0 aliphatic heterocycles. The van der Waals surface area contributed by atoms with Crippen LogP contribution in [0.1, 0.15) is 58.3 Å². The van der Waals surface area contributed by atoms with E-state index in [9.17, 15) is 4.79 Å². The minimum atomic E-state index is 0.134. The number of nitrogens with one attached hydrogen (secondary N) is 1. The van der Waals surface area contributed by atoms with Crippen molar-refractivity contribution in [3.63, 3.8) is 0 Å². The van der Waals surface area contributed by atoms with Crippen LogP contribution in [-0.4, -0.2) is 20.9 Å². The van der Waals surface area contributed by atoms with Gasteiger partial charge in [-0.1, -0.05) is 26.0 Å². The second-order valence-electron chi connectivity index (χ2n) is 7.27. The second-order valence-corrected chi connectivity index (χ2v) is 7.27. The van der Waals surface area contributed by atoms with Crippen LogP contribution >= 0.6 is 0 Å². The molecule has 118 valence electrons. The quantitative estimate of drug-likeness (QED) is 0.928. The number of hydrogen-bond acceptors (Lipinski definition) is 3. The number of carbonyl (C=O) groups is 1. The molecule has 2 unspecified atom stereocenters. The van der Waals surface area contributed by atoms with Crippen molar-refractivity contribution in [2.24, 2.45) is 17.3 Å². The lowest BCUT2D eigenvalue weighted by molar-refractivity contribution is -0.128. The highest BCUT2D eigenvalue weighted by Crippen LogP contribution is 2.41. The van der Waals surface area contributed by atoms with Crippen LogP contribution in [0, 0.1) is 24.2 Å². The SMILES string of the molecule is CCn1nnc(C)c1CNC(=O)C1CC(C)CC(C)(C)C1. The molecule has 1 heterocycles. The zero-order valence-electron chi connectivity index (χ0n) is 13.9. The van der Waals surface area contributed by atoms with Gasteiger partial charge >= 0.3 is 0 Å². The summed E-state index contributed by atoms with van der Waals surface area (Å²) in [6.45, 7) is 12.1. The summed E-state index contributed by atoms with van der Waals surface area (Å²) in [7, 11) is 0. The molecule has 1 aliphatic carbocycles. The van der Waals surface area contributed by atoms with Gasteiger partial charge in [0.15, 0.2) is 0 Å². The molecule has 1 N–H and O–H groups in total. The van der Waals surface area contributed by atoms with Crippen LogP contribution < -0.4 is 5.32 Å². The van der Waals surface area contributed by atoms with Crippen LogP contribution in [0.5, 0.6) is 0 Å². The summed E-state index contributed by atoms with van der Waals surface area (Å²) >= 11 is 0. The molecule has 1 amide bonds. The largest absolute Gasteiger partial charge is 0.350 e. The van der Waals surface area contributed by atoms with Crippen molar-refractivity contribution in [1.29, 1.82) is 0 Å². The highest BCUT2D eigenvalue weighted by atomic mass is 16.1. The van der Waals surface area contributed by atoms with Crippen LogP contribution in [0.2, 0.25) is 0 Å². The first kappa shape index (κ1) is 16.0. The molecule has 5 nitrogen and oxygen atoms in total. The van der Waals surface area contributed by atoms with Gasteiger partial charge in [0.2, 0.25) is 5.91 Å². The number of hydrogen-bond donors (Lipinski definition) is 1. The lowest BCUT2D eigenvalue weighted by atomic mass is 9.68. The third-order valence-electron chi connectivity index (χ3n) is 4.52. The van der Waals surface area contributed by atoms with E-state index >= 15 is 0 Å². The second kappa shape index (κ2) is 6.16. The third-order valence-corrected chi connectivity index (χ3v) is 4.52. The van der Waals surface area contributed by atoms with Gasteiger partial charge in [0.05, 0.1) is 17.9 Å². The summed E-state index contributed by atoms with van der Waals surface area (Å²) in [6, 6.07) is 0. The number of aryl methyl sites for hydroxylation is 2. The van der Waals surface area contributed by atoms with E-state index in [1.807, 2.05) is 18.5 Å². The Morgan fingerprint density at radius 2 is 2.14 bits per heavy atom. The molecule has 0 saturated heterocycles. The molecule has 21 heavy (non-hydrogen) atoms.